The number of alkyl halides is 3. The smallest absolute Gasteiger partial charge is 0.419 e. The van der Waals surface area contributed by atoms with Gasteiger partial charge >= 0.3 is 18.1 Å². The predicted octanol–water partition coefficient (Wildman–Crippen LogP) is 5.39. The minimum atomic E-state index is -4.85. The van der Waals surface area contributed by atoms with E-state index in [0.29, 0.717) is 35.6 Å². The van der Waals surface area contributed by atoms with Crippen molar-refractivity contribution in [2.45, 2.75) is 60.0 Å². The molecule has 13 heteroatoms. The Labute approximate surface area is 236 Å². The highest BCUT2D eigenvalue weighted by Crippen LogP contribution is 2.53. The standard InChI is InChI=1S/C28H24F4N2O6S/c29-21-11-14(4-9-19(21)28(30,31)32)18-3-1-2-15-10-20-22(33-23(15)18)12-26(41,24(35)36)13-27(20,25(37)38)16-5-7-17(8-6-16)34(39)40/h2,4-11,18,22-23,33,41H,1,3,12-13H2,(H,35,36)(H,37,38). The van der Waals surface area contributed by atoms with Gasteiger partial charge < -0.3 is 15.5 Å². The highest BCUT2D eigenvalue weighted by atomic mass is 32.1. The fourth-order valence-corrected chi connectivity index (χ4v) is 6.84. The lowest BCUT2D eigenvalue weighted by Crippen LogP contribution is -2.62. The Hall–Kier alpha value is -3.71. The topological polar surface area (TPSA) is 130 Å². The zero-order chi connectivity index (χ0) is 29.9. The van der Waals surface area contributed by atoms with Crippen molar-refractivity contribution in [1.29, 1.82) is 0 Å². The van der Waals surface area contributed by atoms with Gasteiger partial charge in [-0.1, -0.05) is 30.4 Å². The van der Waals surface area contributed by atoms with Crippen LogP contribution in [0, 0.1) is 15.9 Å². The van der Waals surface area contributed by atoms with Crippen LogP contribution in [-0.4, -0.2) is 43.9 Å². The zero-order valence-electron chi connectivity index (χ0n) is 21.2. The molecule has 0 saturated heterocycles. The van der Waals surface area contributed by atoms with Gasteiger partial charge in [-0.2, -0.15) is 25.8 Å². The summed E-state index contributed by atoms with van der Waals surface area (Å²) in [6.07, 6.45) is -0.937. The molecule has 41 heavy (non-hydrogen) atoms. The maximum atomic E-state index is 14.5. The van der Waals surface area contributed by atoms with Gasteiger partial charge in [0.15, 0.2) is 0 Å². The van der Waals surface area contributed by atoms with E-state index in [9.17, 15) is 47.5 Å². The maximum absolute atomic E-state index is 14.5. The second-order valence-corrected chi connectivity index (χ2v) is 11.5. The zero-order valence-corrected chi connectivity index (χ0v) is 22.1. The molecule has 3 N–H and O–H groups in total. The number of non-ortho nitro benzene ring substituents is 1. The predicted molar refractivity (Wildman–Crippen MR) is 141 cm³/mol. The van der Waals surface area contributed by atoms with Crippen LogP contribution in [-0.2, 0) is 21.2 Å². The third kappa shape index (κ3) is 4.80. The molecule has 1 fully saturated rings. The van der Waals surface area contributed by atoms with Crippen LogP contribution in [0.25, 0.3) is 0 Å². The van der Waals surface area contributed by atoms with Crippen LogP contribution < -0.4 is 5.32 Å². The number of fused-ring (bicyclic) bond motifs is 2. The molecule has 0 radical (unpaired) electrons. The number of benzene rings is 2. The monoisotopic (exact) mass is 592 g/mol. The number of hydrogen-bond acceptors (Lipinski definition) is 6. The summed E-state index contributed by atoms with van der Waals surface area (Å²) in [5.74, 6) is -4.59. The lowest BCUT2D eigenvalue weighted by molar-refractivity contribution is -0.384. The Bertz CT molecular complexity index is 1510. The number of halogens is 4. The van der Waals surface area contributed by atoms with E-state index in [1.165, 1.54) is 18.2 Å². The molecule has 3 aliphatic rings. The van der Waals surface area contributed by atoms with E-state index in [1.807, 2.05) is 6.08 Å². The van der Waals surface area contributed by atoms with Gasteiger partial charge in [-0.15, -0.1) is 0 Å². The molecule has 5 atom stereocenters. The lowest BCUT2D eigenvalue weighted by Gasteiger charge is -2.51. The molecule has 1 heterocycles. The molecule has 216 valence electrons. The maximum Gasteiger partial charge on any atom is 0.419 e. The van der Waals surface area contributed by atoms with Crippen molar-refractivity contribution >= 4 is 30.3 Å². The molecule has 1 saturated carbocycles. The number of nitro groups is 1. The number of carbonyl (C=O) groups is 2. The molecule has 0 spiro atoms. The average molecular weight is 593 g/mol. The molecule has 8 nitrogen and oxygen atoms in total. The van der Waals surface area contributed by atoms with E-state index in [1.54, 1.807) is 6.08 Å². The van der Waals surface area contributed by atoms with Crippen molar-refractivity contribution in [1.82, 2.24) is 5.32 Å². The summed E-state index contributed by atoms with van der Waals surface area (Å²) < 4.78 is 52.1. The molecule has 0 amide bonds. The van der Waals surface area contributed by atoms with Crippen LogP contribution in [0.5, 0.6) is 0 Å². The number of rotatable bonds is 5. The number of nitrogens with one attached hydrogen (secondary N) is 1. The Morgan fingerprint density at radius 2 is 1.78 bits per heavy atom. The molecule has 0 bridgehead atoms. The first-order chi connectivity index (χ1) is 19.2. The number of carboxylic acid groups (broad SMARTS) is 2. The number of thiol groups is 1. The molecule has 2 aromatic carbocycles. The van der Waals surface area contributed by atoms with Crippen molar-refractivity contribution in [3.63, 3.8) is 0 Å². The first-order valence-electron chi connectivity index (χ1n) is 12.7. The van der Waals surface area contributed by atoms with Gasteiger partial charge in [0.1, 0.15) is 16.0 Å². The van der Waals surface area contributed by atoms with Crippen LogP contribution in [0.1, 0.15) is 48.3 Å². The Kier molecular flexibility index (Phi) is 7.01. The van der Waals surface area contributed by atoms with Crippen molar-refractivity contribution < 1.29 is 42.3 Å². The van der Waals surface area contributed by atoms with Crippen molar-refractivity contribution in [2.24, 2.45) is 0 Å². The van der Waals surface area contributed by atoms with Crippen molar-refractivity contribution in [3.05, 3.63) is 98.4 Å². The van der Waals surface area contributed by atoms with E-state index >= 15 is 0 Å². The normalized spacial score (nSPS) is 29.4. The lowest BCUT2D eigenvalue weighted by atomic mass is 9.58. The third-order valence-corrected chi connectivity index (χ3v) is 8.88. The van der Waals surface area contributed by atoms with Gasteiger partial charge in [0.2, 0.25) is 0 Å². The second-order valence-electron chi connectivity index (χ2n) is 10.7. The Morgan fingerprint density at radius 1 is 1.10 bits per heavy atom. The van der Waals surface area contributed by atoms with Gasteiger partial charge in [0.05, 0.1) is 10.5 Å². The van der Waals surface area contributed by atoms with Crippen LogP contribution in [0.15, 0.2) is 65.8 Å². The van der Waals surface area contributed by atoms with Crippen LogP contribution in [0.4, 0.5) is 23.2 Å². The molecule has 5 unspecified atom stereocenters. The quantitative estimate of drug-likeness (QED) is 0.159. The van der Waals surface area contributed by atoms with Gasteiger partial charge in [-0.25, -0.2) is 4.39 Å². The van der Waals surface area contributed by atoms with E-state index in [2.05, 4.69) is 17.9 Å². The highest BCUT2D eigenvalue weighted by molar-refractivity contribution is 7.82. The van der Waals surface area contributed by atoms with E-state index in [0.717, 1.165) is 18.2 Å². The minimum Gasteiger partial charge on any atom is -0.480 e. The molecule has 2 aliphatic carbocycles. The third-order valence-electron chi connectivity index (χ3n) is 8.35. The van der Waals surface area contributed by atoms with Crippen molar-refractivity contribution in [2.75, 3.05) is 0 Å². The number of nitrogens with zero attached hydrogens (tertiary/aromatic N) is 1. The van der Waals surface area contributed by atoms with Gasteiger partial charge in [-0.3, -0.25) is 19.7 Å². The second kappa shape index (κ2) is 9.98. The molecule has 0 aromatic heterocycles. The van der Waals surface area contributed by atoms with Crippen LogP contribution >= 0.6 is 12.6 Å². The number of carboxylic acids is 2. The fraction of sp³-hybridized carbons (Fsp3) is 0.357. The minimum absolute atomic E-state index is 0.114. The summed E-state index contributed by atoms with van der Waals surface area (Å²) in [6.45, 7) is 0. The largest absolute Gasteiger partial charge is 0.480 e. The molecular weight excluding hydrogens is 568 g/mol. The summed E-state index contributed by atoms with van der Waals surface area (Å²) >= 11 is 4.43. The summed E-state index contributed by atoms with van der Waals surface area (Å²) in [7, 11) is 0. The summed E-state index contributed by atoms with van der Waals surface area (Å²) in [4.78, 5) is 36.1. The summed E-state index contributed by atoms with van der Waals surface area (Å²) in [5, 5.41) is 35.3. The van der Waals surface area contributed by atoms with Crippen molar-refractivity contribution in [3.8, 4) is 0 Å². The van der Waals surface area contributed by atoms with E-state index in [4.69, 9.17) is 0 Å². The number of hydrogen-bond donors (Lipinski definition) is 4. The summed E-state index contributed by atoms with van der Waals surface area (Å²) in [6, 6.07) is 6.25. The first kappa shape index (κ1) is 28.8. The van der Waals surface area contributed by atoms with E-state index < -0.39 is 69.0 Å². The van der Waals surface area contributed by atoms with Crippen LogP contribution in [0.3, 0.4) is 0 Å². The number of allylic oxidation sites excluding steroid dienone is 1. The molecular formula is C28H24F4N2O6S. The average Bonchev–Trinajstić information content (AvgIpc) is 2.90. The Balaban J connectivity index is 1.62. The van der Waals surface area contributed by atoms with E-state index in [-0.39, 0.29) is 17.7 Å². The molecule has 1 aliphatic heterocycles. The number of nitro benzene ring substituents is 1. The Morgan fingerprint density at radius 3 is 2.34 bits per heavy atom. The van der Waals surface area contributed by atoms with Gasteiger partial charge in [0.25, 0.3) is 5.69 Å². The first-order valence-corrected chi connectivity index (χ1v) is 13.1. The van der Waals surface area contributed by atoms with Gasteiger partial charge in [0, 0.05) is 30.1 Å². The van der Waals surface area contributed by atoms with Gasteiger partial charge in [-0.05, 0) is 60.1 Å². The SMILES string of the molecule is O=C(O)C1(S)CC2NC3C(=CCCC3c3ccc(C(F)(F)F)c(F)c3)C=C2C(C(=O)O)(c2ccc([N+](=O)[O-])cc2)C1. The molecule has 5 rings (SSSR count). The van der Waals surface area contributed by atoms with Crippen LogP contribution in [0.2, 0.25) is 0 Å². The number of aliphatic carboxylic acids is 2. The molecule has 2 aromatic rings. The summed E-state index contributed by atoms with van der Waals surface area (Å²) in [5.41, 5.74) is -2.12. The highest BCUT2D eigenvalue weighted by Gasteiger charge is 2.60. The fourth-order valence-electron chi connectivity index (χ4n) is 6.42.